The Morgan fingerprint density at radius 3 is 2.14 bits per heavy atom. The van der Waals surface area contributed by atoms with Gasteiger partial charge in [-0.3, -0.25) is 4.79 Å². The van der Waals surface area contributed by atoms with Crippen LogP contribution in [0.3, 0.4) is 0 Å². The van der Waals surface area contributed by atoms with Crippen LogP contribution in [0.4, 0.5) is 4.79 Å². The van der Waals surface area contributed by atoms with E-state index in [4.69, 9.17) is 4.74 Å². The molecule has 21 heavy (non-hydrogen) atoms. The molecule has 0 aliphatic rings. The zero-order valence-electron chi connectivity index (χ0n) is 12.5. The van der Waals surface area contributed by atoms with Crippen molar-refractivity contribution in [2.24, 2.45) is 0 Å². The van der Waals surface area contributed by atoms with Crippen LogP contribution in [-0.4, -0.2) is 36.6 Å². The lowest BCUT2D eigenvalue weighted by atomic mass is 10.0. The molecule has 1 aromatic rings. The molecule has 1 rings (SSSR count). The molecule has 0 saturated heterocycles. The number of rotatable bonds is 4. The van der Waals surface area contributed by atoms with E-state index >= 15 is 0 Å². The van der Waals surface area contributed by atoms with Crippen LogP contribution < -0.4 is 5.32 Å². The van der Waals surface area contributed by atoms with Crippen molar-refractivity contribution in [2.75, 3.05) is 7.11 Å². The quantitative estimate of drug-likeness (QED) is 0.521. The Morgan fingerprint density at radius 2 is 1.67 bits per heavy atom. The molecule has 0 saturated carbocycles. The normalized spacial score (nSPS) is 12.2. The predicted molar refractivity (Wildman–Crippen MR) is 75.9 cm³/mol. The van der Waals surface area contributed by atoms with E-state index in [1.165, 1.54) is 0 Å². The van der Waals surface area contributed by atoms with E-state index < -0.39 is 29.5 Å². The Bertz CT molecular complexity index is 519. The number of hydrogen-bond donors (Lipinski definition) is 1. The monoisotopic (exact) mass is 293 g/mol. The summed E-state index contributed by atoms with van der Waals surface area (Å²) in [5.74, 6) is -1.41. The van der Waals surface area contributed by atoms with E-state index in [-0.39, 0.29) is 0 Å². The van der Waals surface area contributed by atoms with Gasteiger partial charge in [-0.05, 0) is 20.8 Å². The van der Waals surface area contributed by atoms with Gasteiger partial charge in [-0.2, -0.15) is 0 Å². The maximum Gasteiger partial charge on any atom is 0.408 e. The predicted octanol–water partition coefficient (Wildman–Crippen LogP) is 1.94. The molecule has 1 N–H and O–H groups in total. The van der Waals surface area contributed by atoms with Gasteiger partial charge in [0.1, 0.15) is 5.60 Å². The highest BCUT2D eigenvalue weighted by Crippen LogP contribution is 2.09. The van der Waals surface area contributed by atoms with Gasteiger partial charge in [0, 0.05) is 5.56 Å². The number of benzene rings is 1. The van der Waals surface area contributed by atoms with Crippen LogP contribution in [0, 0.1) is 0 Å². The number of ether oxygens (including phenoxy) is 2. The van der Waals surface area contributed by atoms with Crippen molar-refractivity contribution in [3.63, 3.8) is 0 Å². The lowest BCUT2D eigenvalue weighted by Gasteiger charge is -2.22. The van der Waals surface area contributed by atoms with Crippen molar-refractivity contribution in [1.29, 1.82) is 0 Å². The number of esters is 1. The first-order chi connectivity index (χ1) is 9.74. The Balaban J connectivity index is 2.89. The van der Waals surface area contributed by atoms with Crippen molar-refractivity contribution in [1.82, 2.24) is 5.32 Å². The van der Waals surface area contributed by atoms with E-state index in [1.54, 1.807) is 51.1 Å². The molecule has 0 spiro atoms. The first kappa shape index (κ1) is 16.7. The largest absolute Gasteiger partial charge is 0.467 e. The number of amides is 1. The average Bonchev–Trinajstić information content (AvgIpc) is 2.42. The zero-order valence-corrected chi connectivity index (χ0v) is 12.5. The summed E-state index contributed by atoms with van der Waals surface area (Å²) >= 11 is 0. The standard InChI is InChI=1S/C15H19NO5/c1-15(2,3)21-14(19)16-11(13(18)20-4)12(17)10-8-6-5-7-9-10/h5-9,11H,1-4H3,(H,16,19)/t11-/m0/s1. The fourth-order valence-electron chi connectivity index (χ4n) is 1.54. The maximum absolute atomic E-state index is 12.3. The highest BCUT2D eigenvalue weighted by molar-refractivity contribution is 6.13. The molecule has 114 valence electrons. The van der Waals surface area contributed by atoms with Gasteiger partial charge in [0.2, 0.25) is 0 Å². The number of alkyl carbamates (subject to hydrolysis) is 1. The van der Waals surface area contributed by atoms with Crippen LogP contribution >= 0.6 is 0 Å². The van der Waals surface area contributed by atoms with Crippen molar-refractivity contribution < 1.29 is 23.9 Å². The molecular formula is C15H19NO5. The van der Waals surface area contributed by atoms with E-state index in [9.17, 15) is 14.4 Å². The number of carbonyl (C=O) groups is 3. The minimum atomic E-state index is -1.44. The summed E-state index contributed by atoms with van der Waals surface area (Å²) in [4.78, 5) is 35.7. The van der Waals surface area contributed by atoms with E-state index in [1.807, 2.05) is 0 Å². The highest BCUT2D eigenvalue weighted by atomic mass is 16.6. The lowest BCUT2D eigenvalue weighted by molar-refractivity contribution is -0.141. The minimum absolute atomic E-state index is 0.295. The summed E-state index contributed by atoms with van der Waals surface area (Å²) in [6, 6.07) is 6.73. The first-order valence-corrected chi connectivity index (χ1v) is 6.41. The molecule has 1 aromatic carbocycles. The average molecular weight is 293 g/mol. The second-order valence-corrected chi connectivity index (χ2v) is 5.33. The summed E-state index contributed by atoms with van der Waals surface area (Å²) < 4.78 is 9.59. The summed E-state index contributed by atoms with van der Waals surface area (Å²) in [7, 11) is 1.14. The van der Waals surface area contributed by atoms with Crippen LogP contribution in [0.5, 0.6) is 0 Å². The van der Waals surface area contributed by atoms with Gasteiger partial charge in [0.15, 0.2) is 11.8 Å². The van der Waals surface area contributed by atoms with E-state index in [2.05, 4.69) is 10.1 Å². The van der Waals surface area contributed by atoms with Crippen LogP contribution in [0.15, 0.2) is 30.3 Å². The molecule has 0 fully saturated rings. The topological polar surface area (TPSA) is 81.7 Å². The van der Waals surface area contributed by atoms with Crippen LogP contribution in [0.2, 0.25) is 0 Å². The van der Waals surface area contributed by atoms with Gasteiger partial charge >= 0.3 is 12.1 Å². The summed E-state index contributed by atoms with van der Waals surface area (Å²) in [6.07, 6.45) is -0.859. The Kier molecular flexibility index (Phi) is 5.46. The molecule has 0 aromatic heterocycles. The van der Waals surface area contributed by atoms with Crippen molar-refractivity contribution in [2.45, 2.75) is 32.4 Å². The van der Waals surface area contributed by atoms with Gasteiger partial charge < -0.3 is 14.8 Å². The highest BCUT2D eigenvalue weighted by Gasteiger charge is 2.31. The number of ketones is 1. The van der Waals surface area contributed by atoms with Gasteiger partial charge in [-0.1, -0.05) is 30.3 Å². The number of carbonyl (C=O) groups excluding carboxylic acids is 3. The van der Waals surface area contributed by atoms with E-state index in [0.29, 0.717) is 5.56 Å². The molecule has 1 amide bonds. The van der Waals surface area contributed by atoms with Crippen molar-refractivity contribution in [3.8, 4) is 0 Å². The van der Waals surface area contributed by atoms with Crippen LogP contribution in [0.25, 0.3) is 0 Å². The molecule has 6 heteroatoms. The van der Waals surface area contributed by atoms with Crippen molar-refractivity contribution in [3.05, 3.63) is 35.9 Å². The van der Waals surface area contributed by atoms with Gasteiger partial charge in [-0.25, -0.2) is 9.59 Å². The molecule has 0 heterocycles. The Morgan fingerprint density at radius 1 is 1.10 bits per heavy atom. The minimum Gasteiger partial charge on any atom is -0.467 e. The summed E-state index contributed by atoms with van der Waals surface area (Å²) in [6.45, 7) is 5.04. The molecule has 0 unspecified atom stereocenters. The molecule has 0 bridgehead atoms. The summed E-state index contributed by atoms with van der Waals surface area (Å²) in [5, 5.41) is 2.24. The van der Waals surface area contributed by atoms with Gasteiger partial charge in [0.05, 0.1) is 7.11 Å². The van der Waals surface area contributed by atoms with Gasteiger partial charge in [0.25, 0.3) is 0 Å². The fraction of sp³-hybridized carbons (Fsp3) is 0.400. The van der Waals surface area contributed by atoms with Crippen LogP contribution in [0.1, 0.15) is 31.1 Å². The van der Waals surface area contributed by atoms with Crippen molar-refractivity contribution >= 4 is 17.8 Å². The molecule has 1 atom stereocenters. The maximum atomic E-state index is 12.3. The van der Waals surface area contributed by atoms with Crippen LogP contribution in [-0.2, 0) is 14.3 Å². The third kappa shape index (κ3) is 5.25. The molecular weight excluding hydrogens is 274 g/mol. The van der Waals surface area contributed by atoms with Gasteiger partial charge in [-0.15, -0.1) is 0 Å². The Labute approximate surface area is 123 Å². The van der Waals surface area contributed by atoms with E-state index in [0.717, 1.165) is 7.11 Å². The third-order valence-electron chi connectivity index (χ3n) is 2.42. The molecule has 0 radical (unpaired) electrons. The molecule has 0 aliphatic heterocycles. The first-order valence-electron chi connectivity index (χ1n) is 6.41. The number of hydrogen-bond acceptors (Lipinski definition) is 5. The number of Topliss-reactive ketones (excluding diaryl/α,β-unsaturated/α-hetero) is 1. The number of nitrogens with one attached hydrogen (secondary N) is 1. The SMILES string of the molecule is COC(=O)[C@@H](NC(=O)OC(C)(C)C)C(=O)c1ccccc1. The summed E-state index contributed by atoms with van der Waals surface area (Å²) in [5.41, 5.74) is -0.440. The number of methoxy groups -OCH3 is 1. The third-order valence-corrected chi connectivity index (χ3v) is 2.42. The lowest BCUT2D eigenvalue weighted by Crippen LogP contribution is -2.48. The molecule has 6 nitrogen and oxygen atoms in total. The smallest absolute Gasteiger partial charge is 0.408 e. The molecule has 0 aliphatic carbocycles. The Hall–Kier alpha value is -2.37. The second kappa shape index (κ2) is 6.88. The fourth-order valence-corrected chi connectivity index (χ4v) is 1.54. The zero-order chi connectivity index (χ0) is 16.0. The second-order valence-electron chi connectivity index (χ2n) is 5.33.